The maximum atomic E-state index is 11.4. The first-order chi connectivity index (χ1) is 11.9. The van der Waals surface area contributed by atoms with Crippen LogP contribution < -0.4 is 5.38 Å². The van der Waals surface area contributed by atoms with E-state index in [1.165, 1.54) is 6.92 Å². The van der Waals surface area contributed by atoms with Crippen LogP contribution in [0.1, 0.15) is 30.7 Å². The molecule has 1 unspecified atom stereocenters. The Hall–Kier alpha value is -1.92. The van der Waals surface area contributed by atoms with Gasteiger partial charge in [-0.25, -0.2) is 0 Å². The van der Waals surface area contributed by atoms with Gasteiger partial charge >= 0.3 is 5.97 Å². The lowest BCUT2D eigenvalue weighted by molar-refractivity contribution is -0.150. The molecule has 5 nitrogen and oxygen atoms in total. The normalized spacial score (nSPS) is 12.8. The molecule has 0 saturated carbocycles. The van der Waals surface area contributed by atoms with Gasteiger partial charge in [0.25, 0.3) is 0 Å². The average Bonchev–Trinajstić information content (AvgIpc) is 3.04. The topological polar surface area (TPSA) is 61.6 Å². The van der Waals surface area contributed by atoms with Crippen LogP contribution in [0.5, 0.6) is 0 Å². The maximum absolute atomic E-state index is 11.4. The van der Waals surface area contributed by atoms with Gasteiger partial charge in [-0.15, -0.1) is 0 Å². The first-order valence-corrected chi connectivity index (χ1v) is 12.1. The maximum Gasteiger partial charge on any atom is 0.303 e. The van der Waals surface area contributed by atoms with Crippen molar-refractivity contribution in [2.45, 2.75) is 45.5 Å². The van der Waals surface area contributed by atoms with E-state index in [1.54, 1.807) is 12.5 Å². The molecule has 0 spiro atoms. The number of ether oxygens (including phenoxy) is 2. The van der Waals surface area contributed by atoms with E-state index in [-0.39, 0.29) is 5.97 Å². The number of pyridine rings is 1. The summed E-state index contributed by atoms with van der Waals surface area (Å²) in [6.45, 7) is 8.97. The summed E-state index contributed by atoms with van der Waals surface area (Å²) >= 11 is 0. The van der Waals surface area contributed by atoms with Crippen LogP contribution in [0.3, 0.4) is 0 Å². The van der Waals surface area contributed by atoms with Gasteiger partial charge < -0.3 is 13.9 Å². The number of furan rings is 1. The van der Waals surface area contributed by atoms with Crippen molar-refractivity contribution in [1.29, 1.82) is 0 Å². The zero-order valence-corrected chi connectivity index (χ0v) is 16.5. The molecule has 0 aliphatic rings. The van der Waals surface area contributed by atoms with E-state index < -0.39 is 14.2 Å². The largest absolute Gasteiger partial charge is 0.474 e. The Bertz CT molecular complexity index is 664. The molecule has 136 valence electrons. The van der Waals surface area contributed by atoms with E-state index in [0.717, 1.165) is 29.5 Å². The summed E-state index contributed by atoms with van der Waals surface area (Å²) in [4.78, 5) is 15.7. The molecule has 2 aromatic heterocycles. The second kappa shape index (κ2) is 8.96. The zero-order valence-electron chi connectivity index (χ0n) is 15.5. The number of hydrogen-bond acceptors (Lipinski definition) is 5. The number of hydrogen-bond donors (Lipinski definition) is 0. The third-order valence-electron chi connectivity index (χ3n) is 3.76. The van der Waals surface area contributed by atoms with Crippen molar-refractivity contribution >= 4 is 19.4 Å². The fourth-order valence-corrected chi connectivity index (χ4v) is 3.42. The SMILES string of the molecule is CC(=O)OC(COCCCc1ccccn1)c1coc([Si](C)(C)C)c1. The van der Waals surface area contributed by atoms with Gasteiger partial charge in [0.2, 0.25) is 0 Å². The van der Waals surface area contributed by atoms with E-state index in [0.29, 0.717) is 13.2 Å². The van der Waals surface area contributed by atoms with Crippen molar-refractivity contribution in [3.63, 3.8) is 0 Å². The van der Waals surface area contributed by atoms with Crippen molar-refractivity contribution in [2.75, 3.05) is 13.2 Å². The van der Waals surface area contributed by atoms with Crippen molar-refractivity contribution in [1.82, 2.24) is 4.98 Å². The van der Waals surface area contributed by atoms with Gasteiger partial charge in [-0.2, -0.15) is 0 Å². The highest BCUT2D eigenvalue weighted by Gasteiger charge is 2.24. The van der Waals surface area contributed by atoms with Crippen molar-refractivity contribution in [2.24, 2.45) is 0 Å². The Kier molecular flexibility index (Phi) is 6.96. The Balaban J connectivity index is 1.85. The number of carbonyl (C=O) groups is 1. The van der Waals surface area contributed by atoms with E-state index >= 15 is 0 Å². The van der Waals surface area contributed by atoms with Crippen LogP contribution in [0.25, 0.3) is 0 Å². The summed E-state index contributed by atoms with van der Waals surface area (Å²) in [5, 5.41) is 0.995. The molecule has 0 aromatic carbocycles. The highest BCUT2D eigenvalue weighted by atomic mass is 28.3. The molecule has 0 amide bonds. The molecule has 0 bridgehead atoms. The summed E-state index contributed by atoms with van der Waals surface area (Å²) in [5.74, 6) is -0.321. The molecule has 2 heterocycles. The number of nitrogens with zero attached hydrogens (tertiary/aromatic N) is 1. The minimum atomic E-state index is -1.53. The van der Waals surface area contributed by atoms with Gasteiger partial charge in [-0.1, -0.05) is 25.7 Å². The van der Waals surface area contributed by atoms with Crippen LogP contribution in [0.15, 0.2) is 41.1 Å². The summed E-state index contributed by atoms with van der Waals surface area (Å²) in [5.41, 5.74) is 1.91. The fraction of sp³-hybridized carbons (Fsp3) is 0.474. The lowest BCUT2D eigenvalue weighted by Gasteiger charge is -2.16. The number of esters is 1. The van der Waals surface area contributed by atoms with E-state index in [4.69, 9.17) is 13.9 Å². The monoisotopic (exact) mass is 361 g/mol. The minimum absolute atomic E-state index is 0.321. The number of rotatable bonds is 9. The van der Waals surface area contributed by atoms with Gasteiger partial charge in [0.05, 0.1) is 18.3 Å². The minimum Gasteiger partial charge on any atom is -0.474 e. The fourth-order valence-electron chi connectivity index (χ4n) is 2.40. The second-order valence-corrected chi connectivity index (χ2v) is 12.1. The average molecular weight is 362 g/mol. The molecular formula is C19H27NO4Si. The van der Waals surface area contributed by atoms with Crippen molar-refractivity contribution in [3.05, 3.63) is 48.0 Å². The molecule has 25 heavy (non-hydrogen) atoms. The molecule has 2 rings (SSSR count). The highest BCUT2D eigenvalue weighted by Crippen LogP contribution is 2.20. The standard InChI is InChI=1S/C19H27NO4Si/c1-15(21)24-18(16-12-19(23-13-16)25(2,3)4)14-22-11-7-9-17-8-5-6-10-20-17/h5-6,8,10,12-13,18H,7,9,11,14H2,1-4H3. The van der Waals surface area contributed by atoms with Crippen LogP contribution >= 0.6 is 0 Å². The van der Waals surface area contributed by atoms with Crippen LogP contribution in [-0.4, -0.2) is 32.2 Å². The van der Waals surface area contributed by atoms with Gasteiger partial charge in [0.1, 0.15) is 8.07 Å². The zero-order chi connectivity index (χ0) is 18.3. The molecule has 0 aliphatic carbocycles. The lowest BCUT2D eigenvalue weighted by atomic mass is 10.2. The van der Waals surface area contributed by atoms with Gasteiger partial charge in [0, 0.05) is 31.0 Å². The van der Waals surface area contributed by atoms with Crippen LogP contribution in [0.2, 0.25) is 19.6 Å². The predicted molar refractivity (Wildman–Crippen MR) is 99.6 cm³/mol. The van der Waals surface area contributed by atoms with Crippen molar-refractivity contribution < 1.29 is 18.7 Å². The Labute approximate surface area is 150 Å². The van der Waals surface area contributed by atoms with Crippen LogP contribution in [-0.2, 0) is 20.7 Å². The van der Waals surface area contributed by atoms with Gasteiger partial charge in [-0.3, -0.25) is 9.78 Å². The molecule has 0 radical (unpaired) electrons. The van der Waals surface area contributed by atoms with Crippen LogP contribution in [0, 0.1) is 0 Å². The summed E-state index contributed by atoms with van der Waals surface area (Å²) in [6, 6.07) is 7.89. The van der Waals surface area contributed by atoms with Crippen LogP contribution in [0.4, 0.5) is 0 Å². The highest BCUT2D eigenvalue weighted by molar-refractivity contribution is 6.87. The Morgan fingerprint density at radius 2 is 2.12 bits per heavy atom. The lowest BCUT2D eigenvalue weighted by Crippen LogP contribution is -2.36. The first-order valence-electron chi connectivity index (χ1n) is 8.60. The van der Waals surface area contributed by atoms with Crippen molar-refractivity contribution in [3.8, 4) is 0 Å². The molecular weight excluding hydrogens is 334 g/mol. The van der Waals surface area contributed by atoms with E-state index in [1.807, 2.05) is 24.3 Å². The molecule has 0 saturated heterocycles. The summed E-state index contributed by atoms with van der Waals surface area (Å²) in [6.07, 6.45) is 4.78. The predicted octanol–water partition coefficient (Wildman–Crippen LogP) is 3.47. The quantitative estimate of drug-likeness (QED) is 0.389. The molecule has 0 fully saturated rings. The number of aromatic nitrogens is 1. The Morgan fingerprint density at radius 1 is 1.32 bits per heavy atom. The van der Waals surface area contributed by atoms with Gasteiger partial charge in [-0.05, 0) is 31.0 Å². The van der Waals surface area contributed by atoms with E-state index in [2.05, 4.69) is 24.6 Å². The van der Waals surface area contributed by atoms with E-state index in [9.17, 15) is 4.79 Å². The second-order valence-electron chi connectivity index (χ2n) is 7.09. The third-order valence-corrected chi connectivity index (χ3v) is 5.50. The molecule has 0 aliphatic heterocycles. The molecule has 2 aromatic rings. The third kappa shape index (κ3) is 6.47. The smallest absolute Gasteiger partial charge is 0.303 e. The number of aryl methyl sites for hydroxylation is 1. The van der Waals surface area contributed by atoms with Gasteiger partial charge in [0.15, 0.2) is 6.10 Å². The molecule has 6 heteroatoms. The molecule has 0 N–H and O–H groups in total. The first kappa shape index (κ1) is 19.4. The summed E-state index contributed by atoms with van der Waals surface area (Å²) in [7, 11) is -1.53. The number of carbonyl (C=O) groups excluding carboxylic acids is 1. The Morgan fingerprint density at radius 3 is 2.72 bits per heavy atom. The summed E-state index contributed by atoms with van der Waals surface area (Å²) < 4.78 is 16.8. The molecule has 1 atom stereocenters.